The van der Waals surface area contributed by atoms with Crippen LogP contribution in [0.4, 0.5) is 0 Å². The van der Waals surface area contributed by atoms with Crippen molar-refractivity contribution < 1.29 is 24.0 Å². The molecule has 0 unspecified atom stereocenters. The highest BCUT2D eigenvalue weighted by molar-refractivity contribution is 6.65. The molecule has 8 nitrogen and oxygen atoms in total. The first-order chi connectivity index (χ1) is 7.92. The van der Waals surface area contributed by atoms with Crippen molar-refractivity contribution in [3.8, 4) is 0 Å². The molecular weight excluding hydrogens is 218 g/mol. The molecule has 2 rings (SSSR count). The monoisotopic (exact) mass is 229 g/mol. The molecule has 0 spiro atoms. The minimum atomic E-state index is 0.164. The Bertz CT molecular complexity index is 311. The second-order valence-corrected chi connectivity index (χ2v) is 2.78. The Morgan fingerprint density at radius 1 is 1.06 bits per heavy atom. The van der Waals surface area contributed by atoms with Gasteiger partial charge in [0.05, 0.1) is 0 Å². The number of rotatable bonds is 3. The van der Waals surface area contributed by atoms with Crippen LogP contribution in [0, 0.1) is 0 Å². The van der Waals surface area contributed by atoms with Gasteiger partial charge in [0.25, 0.3) is 11.8 Å². The van der Waals surface area contributed by atoms with Gasteiger partial charge in [-0.25, -0.2) is 0 Å². The van der Waals surface area contributed by atoms with Crippen LogP contribution in [-0.4, -0.2) is 51.0 Å². The zero-order valence-electron chi connectivity index (χ0n) is 8.71. The van der Waals surface area contributed by atoms with E-state index >= 15 is 0 Å². The van der Waals surface area contributed by atoms with E-state index in [1.807, 2.05) is 0 Å². The topological polar surface area (TPSA) is 83.2 Å². The van der Waals surface area contributed by atoms with Gasteiger partial charge in [0.15, 0.2) is 13.2 Å². The third kappa shape index (κ3) is 2.33. The number of oxime groups is 3. The molecule has 2 aliphatic rings. The molecule has 0 saturated carbocycles. The smallest absolute Gasteiger partial charge is 0.285 e. The molecule has 0 N–H and O–H groups in total. The van der Waals surface area contributed by atoms with E-state index in [0.29, 0.717) is 26.4 Å². The molecule has 0 saturated heterocycles. The molecule has 0 aromatic carbocycles. The fraction of sp³-hybridized carbons (Fsp3) is 0.625. The van der Waals surface area contributed by atoms with Crippen LogP contribution in [0.2, 0.25) is 0 Å². The van der Waals surface area contributed by atoms with Crippen LogP contribution >= 0.6 is 0 Å². The van der Waals surface area contributed by atoms with Crippen molar-refractivity contribution in [1.29, 1.82) is 0 Å². The third-order valence-corrected chi connectivity index (χ3v) is 1.71. The highest BCUT2D eigenvalue weighted by atomic mass is 16.7. The maximum atomic E-state index is 5.24. The minimum Gasteiger partial charge on any atom is -0.470 e. The Morgan fingerprint density at radius 3 is 2.00 bits per heavy atom. The Hall–Kier alpha value is -1.99. The molecule has 0 bridgehead atoms. The zero-order chi connectivity index (χ0) is 11.2. The van der Waals surface area contributed by atoms with E-state index in [2.05, 4.69) is 20.3 Å². The van der Waals surface area contributed by atoms with Gasteiger partial charge in [-0.15, -0.1) is 0 Å². The quantitative estimate of drug-likeness (QED) is 0.490. The van der Waals surface area contributed by atoms with Gasteiger partial charge in [0, 0.05) is 0 Å². The lowest BCUT2D eigenvalue weighted by molar-refractivity contribution is 0.0628. The fourth-order valence-corrected chi connectivity index (χ4v) is 1.10. The Balaban J connectivity index is 2.19. The Labute approximate surface area is 91.4 Å². The summed E-state index contributed by atoms with van der Waals surface area (Å²) in [6.45, 7) is 1.56. The van der Waals surface area contributed by atoms with E-state index in [1.165, 1.54) is 7.11 Å². The van der Waals surface area contributed by atoms with Crippen LogP contribution in [-0.2, 0) is 24.0 Å². The van der Waals surface area contributed by atoms with Crippen LogP contribution in [0.25, 0.3) is 0 Å². The maximum Gasteiger partial charge on any atom is 0.285 e. The van der Waals surface area contributed by atoms with E-state index < -0.39 is 0 Å². The molecule has 0 atom stereocenters. The lowest BCUT2D eigenvalue weighted by atomic mass is 10.3. The van der Waals surface area contributed by atoms with Crippen LogP contribution in [0.3, 0.4) is 0 Å². The standard InChI is InChI=1S/C8H11N3O5/c1-12-9-6(7-10-15-4-2-13-7)8-11-16-5-3-14-8/h2-5H2,1H3. The second-order valence-electron chi connectivity index (χ2n) is 2.78. The van der Waals surface area contributed by atoms with Crippen molar-refractivity contribution in [3.05, 3.63) is 0 Å². The van der Waals surface area contributed by atoms with Gasteiger partial charge < -0.3 is 24.0 Å². The Kier molecular flexibility index (Phi) is 3.42. The Morgan fingerprint density at radius 2 is 1.62 bits per heavy atom. The van der Waals surface area contributed by atoms with Crippen LogP contribution in [0.1, 0.15) is 0 Å². The number of nitrogens with zero attached hydrogens (tertiary/aromatic N) is 3. The molecular formula is C8H11N3O5. The molecule has 2 heterocycles. The van der Waals surface area contributed by atoms with Gasteiger partial charge in [0.1, 0.15) is 20.3 Å². The molecule has 8 heteroatoms. The minimum absolute atomic E-state index is 0.164. The van der Waals surface area contributed by atoms with Gasteiger partial charge in [-0.3, -0.25) is 0 Å². The molecule has 0 fully saturated rings. The largest absolute Gasteiger partial charge is 0.470 e. The van der Waals surface area contributed by atoms with Crippen LogP contribution < -0.4 is 0 Å². The number of hydrogen-bond donors (Lipinski definition) is 0. The summed E-state index contributed by atoms with van der Waals surface area (Å²) < 4.78 is 10.5. The summed E-state index contributed by atoms with van der Waals surface area (Å²) in [4.78, 5) is 14.4. The van der Waals surface area contributed by atoms with Crippen molar-refractivity contribution in [3.63, 3.8) is 0 Å². The molecule has 0 aromatic heterocycles. The third-order valence-electron chi connectivity index (χ3n) is 1.71. The summed E-state index contributed by atoms with van der Waals surface area (Å²) in [6, 6.07) is 0. The van der Waals surface area contributed by atoms with Crippen molar-refractivity contribution in [2.24, 2.45) is 15.5 Å². The highest BCUT2D eigenvalue weighted by Gasteiger charge is 2.26. The van der Waals surface area contributed by atoms with Gasteiger partial charge >= 0.3 is 0 Å². The van der Waals surface area contributed by atoms with Gasteiger partial charge in [0.2, 0.25) is 5.71 Å². The molecule has 0 aromatic rings. The average Bonchev–Trinajstić information content (AvgIpc) is 2.38. The van der Waals surface area contributed by atoms with E-state index in [-0.39, 0.29) is 17.5 Å². The summed E-state index contributed by atoms with van der Waals surface area (Å²) in [5, 5.41) is 11.1. The van der Waals surface area contributed by atoms with Gasteiger partial charge in [-0.1, -0.05) is 5.16 Å². The highest BCUT2D eigenvalue weighted by Crippen LogP contribution is 2.03. The van der Waals surface area contributed by atoms with Gasteiger partial charge in [-0.2, -0.15) is 0 Å². The van der Waals surface area contributed by atoms with Gasteiger partial charge in [-0.05, 0) is 10.3 Å². The number of hydrogen-bond acceptors (Lipinski definition) is 8. The average molecular weight is 229 g/mol. The predicted molar refractivity (Wildman–Crippen MR) is 53.1 cm³/mol. The number of ether oxygens (including phenoxy) is 2. The lowest BCUT2D eigenvalue weighted by Gasteiger charge is -2.17. The first-order valence-corrected chi connectivity index (χ1v) is 4.69. The molecule has 0 aliphatic carbocycles. The van der Waals surface area contributed by atoms with Crippen molar-refractivity contribution in [2.45, 2.75) is 0 Å². The van der Waals surface area contributed by atoms with E-state index in [1.54, 1.807) is 0 Å². The van der Waals surface area contributed by atoms with E-state index in [9.17, 15) is 0 Å². The first-order valence-electron chi connectivity index (χ1n) is 4.69. The normalized spacial score (nSPS) is 18.8. The summed E-state index contributed by atoms with van der Waals surface area (Å²) in [6.07, 6.45) is 0. The van der Waals surface area contributed by atoms with E-state index in [0.717, 1.165) is 0 Å². The van der Waals surface area contributed by atoms with Crippen molar-refractivity contribution in [1.82, 2.24) is 0 Å². The predicted octanol–water partition coefficient (Wildman–Crippen LogP) is -0.291. The van der Waals surface area contributed by atoms with Crippen molar-refractivity contribution in [2.75, 3.05) is 33.5 Å². The maximum absolute atomic E-state index is 5.24. The lowest BCUT2D eigenvalue weighted by Crippen LogP contribution is -2.34. The molecule has 16 heavy (non-hydrogen) atoms. The van der Waals surface area contributed by atoms with Crippen LogP contribution in [0.15, 0.2) is 15.5 Å². The molecule has 2 aliphatic heterocycles. The summed E-state index contributed by atoms with van der Waals surface area (Å²) >= 11 is 0. The SMILES string of the molecule is CON=C(C1=NOCCO1)C1=NOCCO1. The molecule has 0 amide bonds. The second kappa shape index (κ2) is 5.19. The van der Waals surface area contributed by atoms with Crippen LogP contribution in [0.5, 0.6) is 0 Å². The zero-order valence-corrected chi connectivity index (χ0v) is 8.71. The summed E-state index contributed by atoms with van der Waals surface area (Å²) in [5.74, 6) is 0.328. The summed E-state index contributed by atoms with van der Waals surface area (Å²) in [5.41, 5.74) is 0.210. The molecule has 88 valence electrons. The first kappa shape index (κ1) is 10.5. The van der Waals surface area contributed by atoms with E-state index in [4.69, 9.17) is 19.1 Å². The fourth-order valence-electron chi connectivity index (χ4n) is 1.10. The molecule has 0 radical (unpaired) electrons. The van der Waals surface area contributed by atoms with Crippen molar-refractivity contribution >= 4 is 17.5 Å². The summed E-state index contributed by atoms with van der Waals surface area (Å²) in [7, 11) is 1.40.